The number of thiocarbonyl (C=S) groups is 1. The predicted octanol–water partition coefficient (Wildman–Crippen LogP) is 1.79. The Labute approximate surface area is 132 Å². The van der Waals surface area contributed by atoms with Crippen LogP contribution in [0.5, 0.6) is 11.5 Å². The number of methoxy groups -OCH3 is 1. The molecule has 0 heterocycles. The van der Waals surface area contributed by atoms with Crippen molar-refractivity contribution in [1.82, 2.24) is 5.43 Å². The molecule has 6 nitrogen and oxygen atoms in total. The number of rotatable bonds is 5. The zero-order chi connectivity index (χ0) is 16.1. The number of nitrogens with one attached hydrogen (secondary N) is 2. The average Bonchev–Trinajstić information content (AvgIpc) is 2.53. The van der Waals surface area contributed by atoms with Crippen LogP contribution in [0.1, 0.15) is 15.9 Å². The summed E-state index contributed by atoms with van der Waals surface area (Å²) in [6, 6.07) is 11.7. The molecule has 0 atom stereocenters. The summed E-state index contributed by atoms with van der Waals surface area (Å²) < 4.78 is 5.14. The molecule has 0 amide bonds. The van der Waals surface area contributed by atoms with Gasteiger partial charge in [0.05, 0.1) is 12.7 Å². The lowest BCUT2D eigenvalue weighted by Crippen LogP contribution is -2.34. The van der Waals surface area contributed by atoms with Gasteiger partial charge in [-0.15, -0.1) is 0 Å². The Morgan fingerprint density at radius 3 is 2.50 bits per heavy atom. The van der Waals surface area contributed by atoms with Crippen LogP contribution in [-0.2, 0) is 0 Å². The highest BCUT2D eigenvalue weighted by Gasteiger charge is 2.19. The predicted molar refractivity (Wildman–Crippen MR) is 88.1 cm³/mol. The van der Waals surface area contributed by atoms with Gasteiger partial charge in [-0.3, -0.25) is 15.6 Å². The summed E-state index contributed by atoms with van der Waals surface area (Å²) in [5.41, 5.74) is 11.3. The van der Waals surface area contributed by atoms with Gasteiger partial charge in [-0.1, -0.05) is 30.3 Å². The minimum absolute atomic E-state index is 0.0127. The fourth-order valence-electron chi connectivity index (χ4n) is 1.92. The maximum atomic E-state index is 12.5. The lowest BCUT2D eigenvalue weighted by molar-refractivity contribution is 0.103. The fourth-order valence-corrected chi connectivity index (χ4v) is 1.97. The summed E-state index contributed by atoms with van der Waals surface area (Å²) in [6.45, 7) is 0. The SMILES string of the molecule is COc1ccc(C(=O)c2ccccc2)c(O)c1NNC(N)=S. The summed E-state index contributed by atoms with van der Waals surface area (Å²) in [4.78, 5) is 12.5. The minimum Gasteiger partial charge on any atom is -0.505 e. The van der Waals surface area contributed by atoms with E-state index in [1.165, 1.54) is 13.2 Å². The molecule has 0 unspecified atom stereocenters. The van der Waals surface area contributed by atoms with Gasteiger partial charge in [0.15, 0.2) is 16.6 Å². The van der Waals surface area contributed by atoms with Crippen molar-refractivity contribution >= 4 is 28.8 Å². The van der Waals surface area contributed by atoms with Gasteiger partial charge in [0.25, 0.3) is 0 Å². The molecule has 114 valence electrons. The first kappa shape index (κ1) is 15.6. The van der Waals surface area contributed by atoms with E-state index in [4.69, 9.17) is 22.7 Å². The van der Waals surface area contributed by atoms with E-state index in [1.54, 1.807) is 30.3 Å². The lowest BCUT2D eigenvalue weighted by Gasteiger charge is -2.15. The van der Waals surface area contributed by atoms with E-state index in [0.29, 0.717) is 11.3 Å². The largest absolute Gasteiger partial charge is 0.505 e. The first-order valence-electron chi connectivity index (χ1n) is 6.35. The normalized spacial score (nSPS) is 9.86. The fraction of sp³-hybridized carbons (Fsp3) is 0.0667. The summed E-state index contributed by atoms with van der Waals surface area (Å²) in [5.74, 6) is -0.220. The first-order chi connectivity index (χ1) is 10.5. The number of hydrazine groups is 1. The number of aromatic hydroxyl groups is 1. The van der Waals surface area contributed by atoms with Gasteiger partial charge in [-0.05, 0) is 24.4 Å². The Hall–Kier alpha value is -2.80. The smallest absolute Gasteiger partial charge is 0.196 e. The van der Waals surface area contributed by atoms with Crippen molar-refractivity contribution in [3.63, 3.8) is 0 Å². The lowest BCUT2D eigenvalue weighted by atomic mass is 10.0. The van der Waals surface area contributed by atoms with Crippen LogP contribution < -0.4 is 21.3 Å². The van der Waals surface area contributed by atoms with Crippen molar-refractivity contribution < 1.29 is 14.6 Å². The highest BCUT2D eigenvalue weighted by molar-refractivity contribution is 7.80. The van der Waals surface area contributed by atoms with E-state index < -0.39 is 0 Å². The monoisotopic (exact) mass is 317 g/mol. The second kappa shape index (κ2) is 6.77. The number of benzene rings is 2. The molecule has 0 bridgehead atoms. The molecule has 22 heavy (non-hydrogen) atoms. The molecule has 0 aliphatic carbocycles. The highest BCUT2D eigenvalue weighted by atomic mass is 32.1. The molecule has 0 radical (unpaired) electrons. The third-order valence-corrected chi connectivity index (χ3v) is 3.05. The van der Waals surface area contributed by atoms with E-state index >= 15 is 0 Å². The molecule has 0 spiro atoms. The standard InChI is InChI=1S/C15H15N3O3S/c1-21-11-8-7-10(13(19)9-5-3-2-4-6-9)14(20)12(11)17-18-15(16)22/h2-8,17,20H,1H3,(H3,16,18,22). The quantitative estimate of drug-likeness (QED) is 0.289. The van der Waals surface area contributed by atoms with E-state index in [9.17, 15) is 9.90 Å². The Kier molecular flexibility index (Phi) is 4.80. The van der Waals surface area contributed by atoms with Crippen LogP contribution in [0.15, 0.2) is 42.5 Å². The Balaban J connectivity index is 2.43. The topological polar surface area (TPSA) is 96.6 Å². The number of ketones is 1. The molecular formula is C15H15N3O3S. The number of hydrogen-bond donors (Lipinski definition) is 4. The Bertz CT molecular complexity index is 705. The van der Waals surface area contributed by atoms with E-state index in [1.807, 2.05) is 6.07 Å². The number of nitrogens with two attached hydrogens (primary N) is 1. The number of phenolic OH excluding ortho intramolecular Hbond substituents is 1. The van der Waals surface area contributed by atoms with Crippen LogP contribution in [0.2, 0.25) is 0 Å². The molecule has 0 saturated heterocycles. The van der Waals surface area contributed by atoms with Crippen molar-refractivity contribution in [1.29, 1.82) is 0 Å². The van der Waals surface area contributed by atoms with Crippen LogP contribution in [0.4, 0.5) is 5.69 Å². The molecule has 2 aromatic rings. The summed E-state index contributed by atoms with van der Waals surface area (Å²) in [6.07, 6.45) is 0. The van der Waals surface area contributed by atoms with Crippen LogP contribution >= 0.6 is 12.2 Å². The zero-order valence-corrected chi connectivity index (χ0v) is 12.6. The number of ether oxygens (including phenoxy) is 1. The van der Waals surface area contributed by atoms with Crippen LogP contribution in [0, 0.1) is 0 Å². The maximum Gasteiger partial charge on any atom is 0.196 e. The van der Waals surface area contributed by atoms with Crippen molar-refractivity contribution in [3.05, 3.63) is 53.6 Å². The molecule has 5 N–H and O–H groups in total. The van der Waals surface area contributed by atoms with Crippen molar-refractivity contribution in [2.75, 3.05) is 12.5 Å². The summed E-state index contributed by atoms with van der Waals surface area (Å²) in [5, 5.41) is 10.3. The highest BCUT2D eigenvalue weighted by Crippen LogP contribution is 2.37. The molecule has 2 aromatic carbocycles. The summed E-state index contributed by atoms with van der Waals surface area (Å²) >= 11 is 4.69. The zero-order valence-electron chi connectivity index (χ0n) is 11.8. The Morgan fingerprint density at radius 1 is 1.23 bits per heavy atom. The average molecular weight is 317 g/mol. The van der Waals surface area contributed by atoms with Crippen LogP contribution in [0.25, 0.3) is 0 Å². The van der Waals surface area contributed by atoms with Crippen LogP contribution in [0.3, 0.4) is 0 Å². The number of carbonyl (C=O) groups is 1. The molecule has 7 heteroatoms. The first-order valence-corrected chi connectivity index (χ1v) is 6.76. The van der Waals surface area contributed by atoms with Crippen molar-refractivity contribution in [2.45, 2.75) is 0 Å². The van der Waals surface area contributed by atoms with E-state index in [2.05, 4.69) is 10.9 Å². The number of anilines is 1. The molecule has 0 aliphatic rings. The third-order valence-electron chi connectivity index (χ3n) is 2.95. The minimum atomic E-state index is -0.306. The number of carbonyl (C=O) groups excluding carboxylic acids is 1. The molecule has 0 aromatic heterocycles. The van der Waals surface area contributed by atoms with Gasteiger partial charge in [0.1, 0.15) is 11.4 Å². The van der Waals surface area contributed by atoms with Gasteiger partial charge < -0.3 is 15.6 Å². The molecular weight excluding hydrogens is 302 g/mol. The summed E-state index contributed by atoms with van der Waals surface area (Å²) in [7, 11) is 1.44. The van der Waals surface area contributed by atoms with E-state index in [-0.39, 0.29) is 27.9 Å². The van der Waals surface area contributed by atoms with Crippen LogP contribution in [-0.4, -0.2) is 23.1 Å². The van der Waals surface area contributed by atoms with Gasteiger partial charge in [0, 0.05) is 5.56 Å². The molecule has 0 saturated carbocycles. The molecule has 0 fully saturated rings. The van der Waals surface area contributed by atoms with E-state index in [0.717, 1.165) is 0 Å². The van der Waals surface area contributed by atoms with Gasteiger partial charge in [0.2, 0.25) is 0 Å². The third kappa shape index (κ3) is 3.26. The molecule has 2 rings (SSSR count). The van der Waals surface area contributed by atoms with Gasteiger partial charge in [-0.25, -0.2) is 0 Å². The molecule has 0 aliphatic heterocycles. The maximum absolute atomic E-state index is 12.5. The second-order valence-electron chi connectivity index (χ2n) is 4.35. The van der Waals surface area contributed by atoms with Crippen molar-refractivity contribution in [2.24, 2.45) is 5.73 Å². The van der Waals surface area contributed by atoms with Gasteiger partial charge >= 0.3 is 0 Å². The Morgan fingerprint density at radius 2 is 1.91 bits per heavy atom. The number of phenols is 1. The van der Waals surface area contributed by atoms with Gasteiger partial charge in [-0.2, -0.15) is 0 Å². The second-order valence-corrected chi connectivity index (χ2v) is 4.79. The van der Waals surface area contributed by atoms with Crippen molar-refractivity contribution in [3.8, 4) is 11.5 Å². The number of hydrogen-bond acceptors (Lipinski definition) is 5.